The monoisotopic (exact) mass is 368 g/mol. The Balaban J connectivity index is 1.87. The molecule has 2 amide bonds. The predicted molar refractivity (Wildman–Crippen MR) is 89.5 cm³/mol. The van der Waals surface area contributed by atoms with Gasteiger partial charge in [-0.3, -0.25) is 14.3 Å². The topological polar surface area (TPSA) is 76.0 Å². The van der Waals surface area contributed by atoms with Gasteiger partial charge < -0.3 is 10.6 Å². The highest BCUT2D eigenvalue weighted by molar-refractivity contribution is 5.95. The van der Waals surface area contributed by atoms with Crippen molar-refractivity contribution in [2.24, 2.45) is 0 Å². The molecule has 0 aliphatic rings. The highest BCUT2D eigenvalue weighted by Crippen LogP contribution is 2.27. The van der Waals surface area contributed by atoms with Gasteiger partial charge >= 0.3 is 6.18 Å². The van der Waals surface area contributed by atoms with Crippen LogP contribution >= 0.6 is 0 Å². The van der Waals surface area contributed by atoms with Gasteiger partial charge in [-0.2, -0.15) is 18.3 Å². The van der Waals surface area contributed by atoms with Crippen molar-refractivity contribution in [2.45, 2.75) is 33.5 Å². The third-order valence-corrected chi connectivity index (χ3v) is 3.62. The van der Waals surface area contributed by atoms with E-state index in [2.05, 4.69) is 15.7 Å². The Bertz CT molecular complexity index is 805. The fraction of sp³-hybridized carbons (Fsp3) is 0.353. The fourth-order valence-electron chi connectivity index (χ4n) is 2.54. The average molecular weight is 368 g/mol. The van der Waals surface area contributed by atoms with Gasteiger partial charge in [0.25, 0.3) is 0 Å². The van der Waals surface area contributed by atoms with Crippen molar-refractivity contribution < 1.29 is 22.8 Å². The number of hydrogen-bond acceptors (Lipinski definition) is 3. The van der Waals surface area contributed by atoms with Crippen molar-refractivity contribution in [3.05, 3.63) is 46.8 Å². The summed E-state index contributed by atoms with van der Waals surface area (Å²) in [5, 5.41) is 8.36. The summed E-state index contributed by atoms with van der Waals surface area (Å²) in [7, 11) is 0. The smallest absolute Gasteiger partial charge is 0.345 e. The first-order valence-corrected chi connectivity index (χ1v) is 7.81. The summed E-state index contributed by atoms with van der Waals surface area (Å²) in [5.74, 6) is -1.04. The van der Waals surface area contributed by atoms with Crippen molar-refractivity contribution in [1.82, 2.24) is 15.1 Å². The molecule has 2 N–H and O–H groups in total. The molecule has 26 heavy (non-hydrogen) atoms. The Hall–Kier alpha value is -2.84. The van der Waals surface area contributed by atoms with Gasteiger partial charge in [0.1, 0.15) is 6.54 Å². The second-order valence-corrected chi connectivity index (χ2v) is 5.99. The van der Waals surface area contributed by atoms with Gasteiger partial charge in [-0.05, 0) is 38.0 Å². The SMILES string of the molecule is Cc1cc(C)c(NC(=O)CNC(=O)Cn2ccc(C(F)(F)F)n2)c(C)c1. The quantitative estimate of drug-likeness (QED) is 0.852. The summed E-state index contributed by atoms with van der Waals surface area (Å²) in [6, 6.07) is 4.64. The molecule has 0 saturated heterocycles. The Morgan fingerprint density at radius 1 is 1.12 bits per heavy atom. The first-order chi connectivity index (χ1) is 12.1. The van der Waals surface area contributed by atoms with Crippen LogP contribution in [0.4, 0.5) is 18.9 Å². The van der Waals surface area contributed by atoms with Gasteiger partial charge in [0.05, 0.1) is 6.54 Å². The molecule has 0 aliphatic heterocycles. The largest absolute Gasteiger partial charge is 0.435 e. The van der Waals surface area contributed by atoms with E-state index in [0.717, 1.165) is 33.6 Å². The van der Waals surface area contributed by atoms with E-state index in [1.54, 1.807) is 0 Å². The highest BCUT2D eigenvalue weighted by Gasteiger charge is 2.33. The minimum Gasteiger partial charge on any atom is -0.345 e. The van der Waals surface area contributed by atoms with Crippen LogP contribution in [0.2, 0.25) is 0 Å². The van der Waals surface area contributed by atoms with Crippen molar-refractivity contribution in [3.8, 4) is 0 Å². The number of hydrogen-bond donors (Lipinski definition) is 2. The van der Waals surface area contributed by atoms with Crippen LogP contribution < -0.4 is 10.6 Å². The number of halogens is 3. The minimum absolute atomic E-state index is 0.293. The highest BCUT2D eigenvalue weighted by atomic mass is 19.4. The van der Waals surface area contributed by atoms with Crippen LogP contribution in [0, 0.1) is 20.8 Å². The van der Waals surface area contributed by atoms with Crippen LogP contribution in [0.15, 0.2) is 24.4 Å². The molecule has 2 aromatic rings. The molecular formula is C17H19F3N4O2. The molecule has 0 bridgehead atoms. The van der Waals surface area contributed by atoms with Crippen LogP contribution in [0.5, 0.6) is 0 Å². The third kappa shape index (κ3) is 5.08. The minimum atomic E-state index is -4.56. The maximum atomic E-state index is 12.5. The van der Waals surface area contributed by atoms with Gasteiger partial charge in [-0.15, -0.1) is 0 Å². The molecule has 9 heteroatoms. The average Bonchev–Trinajstić information content (AvgIpc) is 2.97. The Labute approximate surface area is 148 Å². The lowest BCUT2D eigenvalue weighted by molar-refractivity contribution is -0.141. The summed E-state index contributed by atoms with van der Waals surface area (Å²) in [6.45, 7) is 4.98. The number of amides is 2. The zero-order chi connectivity index (χ0) is 19.5. The Kier molecular flexibility index (Phi) is 5.69. The second-order valence-electron chi connectivity index (χ2n) is 5.99. The number of rotatable bonds is 5. The second kappa shape index (κ2) is 7.59. The molecule has 0 radical (unpaired) electrons. The molecule has 1 aromatic heterocycles. The molecule has 0 unspecified atom stereocenters. The van der Waals surface area contributed by atoms with E-state index in [4.69, 9.17) is 0 Å². The molecule has 0 saturated carbocycles. The van der Waals surface area contributed by atoms with E-state index < -0.39 is 30.2 Å². The molecule has 0 atom stereocenters. The van der Waals surface area contributed by atoms with Crippen molar-refractivity contribution in [3.63, 3.8) is 0 Å². The summed E-state index contributed by atoms with van der Waals surface area (Å²) in [5.41, 5.74) is 2.48. The van der Waals surface area contributed by atoms with Crippen LogP contribution in [0.3, 0.4) is 0 Å². The van der Waals surface area contributed by atoms with E-state index in [-0.39, 0.29) is 6.54 Å². The predicted octanol–water partition coefficient (Wildman–Crippen LogP) is 2.58. The van der Waals surface area contributed by atoms with Crippen LogP contribution in [0.25, 0.3) is 0 Å². The Morgan fingerprint density at radius 2 is 1.73 bits per heavy atom. The number of carbonyl (C=O) groups excluding carboxylic acids is 2. The van der Waals surface area contributed by atoms with Gasteiger partial charge in [-0.25, -0.2) is 0 Å². The molecule has 1 aromatic carbocycles. The summed E-state index contributed by atoms with van der Waals surface area (Å²) in [6.07, 6.45) is -3.51. The van der Waals surface area contributed by atoms with E-state index in [1.165, 1.54) is 0 Å². The van der Waals surface area contributed by atoms with Gasteiger partial charge in [0.2, 0.25) is 11.8 Å². The van der Waals surface area contributed by atoms with E-state index in [1.807, 2.05) is 32.9 Å². The molecule has 1 heterocycles. The number of benzene rings is 1. The van der Waals surface area contributed by atoms with Gasteiger partial charge in [0, 0.05) is 11.9 Å². The summed E-state index contributed by atoms with van der Waals surface area (Å²) >= 11 is 0. The number of nitrogens with one attached hydrogen (secondary N) is 2. The van der Waals surface area contributed by atoms with Crippen molar-refractivity contribution in [2.75, 3.05) is 11.9 Å². The fourth-order valence-corrected chi connectivity index (χ4v) is 2.54. The number of anilines is 1. The first-order valence-electron chi connectivity index (χ1n) is 7.81. The summed E-state index contributed by atoms with van der Waals surface area (Å²) in [4.78, 5) is 23.8. The standard InChI is InChI=1S/C17H19F3N4O2/c1-10-6-11(2)16(12(3)7-10)22-14(25)8-21-15(26)9-24-5-4-13(23-24)17(18,19)20/h4-7H,8-9H2,1-3H3,(H,21,26)(H,22,25). The third-order valence-electron chi connectivity index (χ3n) is 3.62. The van der Waals surface area contributed by atoms with Crippen LogP contribution in [0.1, 0.15) is 22.4 Å². The Morgan fingerprint density at radius 3 is 2.27 bits per heavy atom. The van der Waals surface area contributed by atoms with E-state index >= 15 is 0 Å². The summed E-state index contributed by atoms with van der Waals surface area (Å²) < 4.78 is 38.2. The normalized spacial score (nSPS) is 11.3. The van der Waals surface area contributed by atoms with Crippen molar-refractivity contribution >= 4 is 17.5 Å². The molecule has 6 nitrogen and oxygen atoms in total. The van der Waals surface area contributed by atoms with Gasteiger partial charge in [-0.1, -0.05) is 17.7 Å². The van der Waals surface area contributed by atoms with E-state index in [0.29, 0.717) is 5.69 Å². The first kappa shape index (κ1) is 19.5. The molecular weight excluding hydrogens is 349 g/mol. The van der Waals surface area contributed by atoms with Gasteiger partial charge in [0.15, 0.2) is 5.69 Å². The lowest BCUT2D eigenvalue weighted by atomic mass is 10.1. The number of carbonyl (C=O) groups is 2. The molecule has 140 valence electrons. The molecule has 0 fully saturated rings. The van der Waals surface area contributed by atoms with Crippen LogP contribution in [-0.2, 0) is 22.3 Å². The number of alkyl halides is 3. The molecule has 0 aliphatic carbocycles. The maximum Gasteiger partial charge on any atom is 0.435 e. The zero-order valence-electron chi connectivity index (χ0n) is 14.6. The van der Waals surface area contributed by atoms with Crippen LogP contribution in [-0.4, -0.2) is 28.1 Å². The number of nitrogens with zero attached hydrogens (tertiary/aromatic N) is 2. The lowest BCUT2D eigenvalue weighted by Crippen LogP contribution is -2.35. The lowest BCUT2D eigenvalue weighted by Gasteiger charge is -2.13. The maximum absolute atomic E-state index is 12.5. The molecule has 0 spiro atoms. The number of aromatic nitrogens is 2. The van der Waals surface area contributed by atoms with Crippen molar-refractivity contribution in [1.29, 1.82) is 0 Å². The molecule has 2 rings (SSSR count). The number of aryl methyl sites for hydroxylation is 3. The zero-order valence-corrected chi connectivity index (χ0v) is 14.6. The van der Waals surface area contributed by atoms with E-state index in [9.17, 15) is 22.8 Å².